The number of piperidine rings is 1. The maximum atomic E-state index is 13.9. The zero-order chi connectivity index (χ0) is 23.6. The minimum Gasteiger partial charge on any atom is -0.504 e. The molecule has 1 amide bonds. The van der Waals surface area contributed by atoms with Gasteiger partial charge < -0.3 is 19.8 Å². The number of aryl methyl sites for hydroxylation is 1. The minimum absolute atomic E-state index is 0.00539. The molecule has 2 aromatic carbocycles. The van der Waals surface area contributed by atoms with Gasteiger partial charge in [-0.05, 0) is 49.1 Å². The van der Waals surface area contributed by atoms with Crippen molar-refractivity contribution in [2.75, 3.05) is 13.1 Å². The first-order valence-electron chi connectivity index (χ1n) is 12.0. The molecule has 6 atom stereocenters. The number of aliphatic hydroxyl groups is 1. The van der Waals surface area contributed by atoms with Gasteiger partial charge in [-0.25, -0.2) is 4.39 Å². The van der Waals surface area contributed by atoms with Crippen LogP contribution in [0, 0.1) is 18.7 Å². The zero-order valence-corrected chi connectivity index (χ0v) is 19.0. The number of amides is 1. The van der Waals surface area contributed by atoms with Crippen LogP contribution >= 0.6 is 0 Å². The number of likely N-dealkylation sites (tertiary alicyclic amines) is 1. The van der Waals surface area contributed by atoms with E-state index < -0.39 is 22.9 Å². The molecule has 5 aliphatic rings. The van der Waals surface area contributed by atoms with Gasteiger partial charge in [0.05, 0.1) is 17.1 Å². The molecular formula is C27H27FN2O4. The normalized spacial score (nSPS) is 36.9. The van der Waals surface area contributed by atoms with Gasteiger partial charge in [-0.2, -0.15) is 0 Å². The zero-order valence-electron chi connectivity index (χ0n) is 19.0. The summed E-state index contributed by atoms with van der Waals surface area (Å²) in [5, 5.41) is 23.0. The fourth-order valence-corrected chi connectivity index (χ4v) is 8.10. The molecule has 0 aromatic heterocycles. The van der Waals surface area contributed by atoms with Crippen LogP contribution in [0.3, 0.4) is 0 Å². The summed E-state index contributed by atoms with van der Waals surface area (Å²) < 4.78 is 20.4. The Morgan fingerprint density at radius 1 is 1.32 bits per heavy atom. The van der Waals surface area contributed by atoms with E-state index in [0.29, 0.717) is 37.2 Å². The molecule has 1 spiro atoms. The smallest absolute Gasteiger partial charge is 0.254 e. The van der Waals surface area contributed by atoms with Gasteiger partial charge in [0, 0.05) is 42.7 Å². The van der Waals surface area contributed by atoms with Gasteiger partial charge in [0.2, 0.25) is 0 Å². The quantitative estimate of drug-likeness (QED) is 0.687. The lowest BCUT2D eigenvalue weighted by Crippen LogP contribution is -2.92. The van der Waals surface area contributed by atoms with Crippen molar-refractivity contribution in [3.05, 3.63) is 71.1 Å². The van der Waals surface area contributed by atoms with Crippen LogP contribution in [-0.2, 0) is 12.0 Å². The number of hydrogen-bond acceptors (Lipinski definition) is 5. The number of rotatable bonds is 3. The number of benzene rings is 2. The molecule has 176 valence electrons. The van der Waals surface area contributed by atoms with Crippen LogP contribution in [0.4, 0.5) is 4.39 Å². The topological polar surface area (TPSA) is 73.2 Å². The number of ether oxygens (including phenoxy) is 1. The summed E-state index contributed by atoms with van der Waals surface area (Å²) in [6.45, 7) is 7.78. The summed E-state index contributed by atoms with van der Waals surface area (Å²) in [5.41, 5.74) is 1.36. The van der Waals surface area contributed by atoms with Crippen molar-refractivity contribution in [3.63, 3.8) is 0 Å². The molecule has 3 heterocycles. The highest BCUT2D eigenvalue weighted by Crippen LogP contribution is 2.73. The summed E-state index contributed by atoms with van der Waals surface area (Å²) in [6, 6.07) is 7.61. The van der Waals surface area contributed by atoms with E-state index in [1.807, 2.05) is 19.1 Å². The van der Waals surface area contributed by atoms with Crippen LogP contribution in [0.1, 0.15) is 39.9 Å². The third kappa shape index (κ3) is 2.08. The Labute approximate surface area is 197 Å². The molecule has 2 aliphatic carbocycles. The molecule has 7 heteroatoms. The minimum atomic E-state index is -1.02. The van der Waals surface area contributed by atoms with Crippen LogP contribution < -0.4 is 4.74 Å². The van der Waals surface area contributed by atoms with Gasteiger partial charge in [-0.1, -0.05) is 18.2 Å². The van der Waals surface area contributed by atoms with Gasteiger partial charge in [-0.15, -0.1) is 6.58 Å². The third-order valence-electron chi connectivity index (χ3n) is 9.29. The summed E-state index contributed by atoms with van der Waals surface area (Å²) in [6.07, 6.45) is 2.48. The SMILES string of the molecule is C=CCN1CC2[C@@H]1[C@]1(O)CC[C@@H](N3Cc4ccc(F)cc4C3=O)[C@@H]3Oc4c(O)ccc(C)c4[C@@]231. The Morgan fingerprint density at radius 3 is 2.94 bits per heavy atom. The Hall–Kier alpha value is -2.90. The molecule has 3 fully saturated rings. The van der Waals surface area contributed by atoms with E-state index in [9.17, 15) is 19.4 Å². The van der Waals surface area contributed by atoms with Crippen molar-refractivity contribution >= 4 is 5.91 Å². The largest absolute Gasteiger partial charge is 0.504 e. The van der Waals surface area contributed by atoms with E-state index in [1.165, 1.54) is 12.1 Å². The molecule has 6 nitrogen and oxygen atoms in total. The molecule has 1 saturated heterocycles. The van der Waals surface area contributed by atoms with E-state index in [2.05, 4.69) is 11.5 Å². The molecule has 34 heavy (non-hydrogen) atoms. The van der Waals surface area contributed by atoms with Crippen molar-refractivity contribution in [1.82, 2.24) is 9.80 Å². The van der Waals surface area contributed by atoms with Gasteiger partial charge >= 0.3 is 0 Å². The highest BCUT2D eigenvalue weighted by molar-refractivity contribution is 5.98. The van der Waals surface area contributed by atoms with Gasteiger partial charge in [0.15, 0.2) is 11.5 Å². The van der Waals surface area contributed by atoms with Gasteiger partial charge in [0.1, 0.15) is 11.9 Å². The number of aromatic hydroxyl groups is 1. The predicted octanol–water partition coefficient (Wildman–Crippen LogP) is 2.89. The molecule has 2 N–H and O–H groups in total. The number of fused-ring (bicyclic) bond motifs is 4. The molecule has 2 aromatic rings. The average molecular weight is 463 g/mol. The fourth-order valence-electron chi connectivity index (χ4n) is 8.10. The van der Waals surface area contributed by atoms with Crippen molar-refractivity contribution in [1.29, 1.82) is 0 Å². The number of carbonyl (C=O) groups excluding carboxylic acids is 1. The van der Waals surface area contributed by atoms with E-state index >= 15 is 0 Å². The summed E-state index contributed by atoms with van der Waals surface area (Å²) in [4.78, 5) is 17.5. The highest BCUT2D eigenvalue weighted by atomic mass is 19.1. The maximum absolute atomic E-state index is 13.9. The summed E-state index contributed by atoms with van der Waals surface area (Å²) in [7, 11) is 0. The van der Waals surface area contributed by atoms with Crippen LogP contribution in [0.2, 0.25) is 0 Å². The second-order valence-corrected chi connectivity index (χ2v) is 10.6. The first-order valence-corrected chi connectivity index (χ1v) is 12.0. The molecular weight excluding hydrogens is 435 g/mol. The number of phenols is 1. The average Bonchev–Trinajstić information content (AvgIpc) is 3.32. The second-order valence-electron chi connectivity index (χ2n) is 10.6. The van der Waals surface area contributed by atoms with E-state index in [0.717, 1.165) is 23.2 Å². The van der Waals surface area contributed by atoms with E-state index in [1.54, 1.807) is 17.0 Å². The Balaban J connectivity index is 1.35. The van der Waals surface area contributed by atoms with E-state index in [-0.39, 0.29) is 29.7 Å². The molecule has 2 saturated carbocycles. The van der Waals surface area contributed by atoms with Crippen molar-refractivity contribution in [2.45, 2.75) is 55.5 Å². The first-order chi connectivity index (χ1) is 16.3. The van der Waals surface area contributed by atoms with Crippen molar-refractivity contribution in [3.8, 4) is 11.5 Å². The van der Waals surface area contributed by atoms with E-state index in [4.69, 9.17) is 4.74 Å². The first kappa shape index (κ1) is 20.5. The Morgan fingerprint density at radius 2 is 2.15 bits per heavy atom. The van der Waals surface area contributed by atoms with Crippen LogP contribution in [0.15, 0.2) is 43.0 Å². The molecule has 1 unspecified atom stereocenters. The lowest BCUT2D eigenvalue weighted by Gasteiger charge is -2.77. The number of carbonyl (C=O) groups is 1. The van der Waals surface area contributed by atoms with Crippen molar-refractivity contribution < 1.29 is 24.1 Å². The Kier molecular flexibility index (Phi) is 3.85. The summed E-state index contributed by atoms with van der Waals surface area (Å²) >= 11 is 0. The Bertz CT molecular complexity index is 1280. The van der Waals surface area contributed by atoms with Gasteiger partial charge in [0.25, 0.3) is 5.91 Å². The lowest BCUT2D eigenvalue weighted by atomic mass is 9.35. The fraction of sp³-hybridized carbons (Fsp3) is 0.444. The monoisotopic (exact) mass is 462 g/mol. The second kappa shape index (κ2) is 6.40. The molecule has 0 bridgehead atoms. The number of phenolic OH excluding ortho intramolecular Hbond substituents is 1. The lowest BCUT2D eigenvalue weighted by molar-refractivity contribution is -0.319. The number of hydrogen-bond donors (Lipinski definition) is 2. The van der Waals surface area contributed by atoms with Crippen LogP contribution in [-0.4, -0.2) is 62.8 Å². The standard InChI is InChI=1S/C27H27FN2O4/c1-3-10-29-13-18-23(29)26(33)9-8-19(30-12-15-5-6-16(28)11-17(15)25(30)32)24-27(18,26)21-14(2)4-7-20(31)22(21)34-24/h3-7,11,18-19,23-24,31,33H,1,8-10,12-13H2,2H3/t18?,19-,23-,24+,26-,27+/m1/s1. The van der Waals surface area contributed by atoms with Gasteiger partial charge in [-0.3, -0.25) is 9.69 Å². The summed E-state index contributed by atoms with van der Waals surface area (Å²) in [5.74, 6) is 0.0375. The highest BCUT2D eigenvalue weighted by Gasteiger charge is 2.85. The number of nitrogens with zero attached hydrogens (tertiary/aromatic N) is 2. The molecule has 7 rings (SSSR count). The molecule has 3 aliphatic heterocycles. The van der Waals surface area contributed by atoms with Crippen LogP contribution in [0.25, 0.3) is 0 Å². The third-order valence-corrected chi connectivity index (χ3v) is 9.29. The van der Waals surface area contributed by atoms with Crippen LogP contribution in [0.5, 0.6) is 11.5 Å². The predicted molar refractivity (Wildman–Crippen MR) is 122 cm³/mol. The molecule has 0 radical (unpaired) electrons. The van der Waals surface area contributed by atoms with Crippen molar-refractivity contribution in [2.24, 2.45) is 5.92 Å². The maximum Gasteiger partial charge on any atom is 0.254 e. The number of halogens is 1.